The van der Waals surface area contributed by atoms with E-state index in [0.29, 0.717) is 17.8 Å². The van der Waals surface area contributed by atoms with E-state index in [1.807, 2.05) is 31.2 Å². The highest BCUT2D eigenvalue weighted by atomic mass is 32.2. The molecule has 2 aromatic carbocycles. The average molecular weight is 341 g/mol. The molecule has 1 aromatic heterocycles. The van der Waals surface area contributed by atoms with Gasteiger partial charge < -0.3 is 4.74 Å². The van der Waals surface area contributed by atoms with Gasteiger partial charge in [0.25, 0.3) is 10.0 Å². The van der Waals surface area contributed by atoms with E-state index in [4.69, 9.17) is 4.74 Å². The zero-order chi connectivity index (χ0) is 17.2. The van der Waals surface area contributed by atoms with Gasteiger partial charge in [0.15, 0.2) is 0 Å². The van der Waals surface area contributed by atoms with Crippen LogP contribution in [0.1, 0.15) is 11.3 Å². The fourth-order valence-electron chi connectivity index (χ4n) is 2.63. The van der Waals surface area contributed by atoms with Crippen LogP contribution >= 0.6 is 0 Å². The van der Waals surface area contributed by atoms with Crippen LogP contribution in [0.2, 0.25) is 0 Å². The summed E-state index contributed by atoms with van der Waals surface area (Å²) in [4.78, 5) is 0.263. The first kappa shape index (κ1) is 16.5. The number of aromatic nitrogens is 1. The zero-order valence-corrected chi connectivity index (χ0v) is 14.3. The van der Waals surface area contributed by atoms with Gasteiger partial charge in [0.05, 0.1) is 29.3 Å². The minimum absolute atomic E-state index is 0.200. The first-order valence-corrected chi connectivity index (χ1v) is 9.08. The summed E-state index contributed by atoms with van der Waals surface area (Å²) in [6.07, 6.45) is 1.64. The third-order valence-corrected chi connectivity index (χ3v) is 5.56. The van der Waals surface area contributed by atoms with Gasteiger partial charge >= 0.3 is 0 Å². The number of hydrogen-bond donors (Lipinski definition) is 0. The van der Waals surface area contributed by atoms with Crippen LogP contribution < -0.4 is 0 Å². The molecule has 3 rings (SSSR count). The molecule has 0 spiro atoms. The van der Waals surface area contributed by atoms with Gasteiger partial charge in [0.1, 0.15) is 0 Å². The van der Waals surface area contributed by atoms with Gasteiger partial charge in [0, 0.05) is 5.39 Å². The van der Waals surface area contributed by atoms with Crippen LogP contribution in [0.5, 0.6) is 0 Å². The molecule has 0 bridgehead atoms. The highest BCUT2D eigenvalue weighted by Crippen LogP contribution is 2.26. The van der Waals surface area contributed by atoms with Crippen LogP contribution in [0, 0.1) is 6.92 Å². The van der Waals surface area contributed by atoms with E-state index in [1.54, 1.807) is 36.4 Å². The molecule has 1 heterocycles. The Morgan fingerprint density at radius 1 is 1.12 bits per heavy atom. The summed E-state index contributed by atoms with van der Waals surface area (Å²) in [5.74, 6) is 0. The lowest BCUT2D eigenvalue weighted by molar-refractivity contribution is 0.145. The van der Waals surface area contributed by atoms with Crippen LogP contribution in [-0.4, -0.2) is 19.0 Å². The second-order valence-corrected chi connectivity index (χ2v) is 7.37. The standard InChI is InChI=1S/C19H19NO3S/c1-3-12-23-14-17-13-16-6-4-5-7-19(16)20(17)24(21,22)18-10-8-15(2)9-11-18/h3-11,13H,1,12,14H2,2H3. The van der Waals surface area contributed by atoms with Crippen LogP contribution in [0.3, 0.4) is 0 Å². The molecule has 4 nitrogen and oxygen atoms in total. The second-order valence-electron chi connectivity index (χ2n) is 5.58. The van der Waals surface area contributed by atoms with E-state index >= 15 is 0 Å². The minimum atomic E-state index is -3.70. The maximum atomic E-state index is 13.2. The normalized spacial score (nSPS) is 11.7. The van der Waals surface area contributed by atoms with Crippen molar-refractivity contribution in [3.05, 3.63) is 78.5 Å². The minimum Gasteiger partial charge on any atom is -0.371 e. The molecule has 124 valence electrons. The number of aryl methyl sites for hydroxylation is 1. The summed E-state index contributed by atoms with van der Waals surface area (Å²) >= 11 is 0. The van der Waals surface area contributed by atoms with E-state index < -0.39 is 10.0 Å². The molecular weight excluding hydrogens is 322 g/mol. The molecular formula is C19H19NO3S. The molecule has 0 N–H and O–H groups in total. The van der Waals surface area contributed by atoms with Crippen molar-refractivity contribution in [2.45, 2.75) is 18.4 Å². The third-order valence-electron chi connectivity index (χ3n) is 3.78. The molecule has 0 saturated heterocycles. The van der Waals surface area contributed by atoms with Crippen molar-refractivity contribution in [2.75, 3.05) is 6.61 Å². The molecule has 0 unspecified atom stereocenters. The molecule has 0 saturated carbocycles. The van der Waals surface area contributed by atoms with E-state index in [0.717, 1.165) is 10.9 Å². The molecule has 0 aliphatic heterocycles. The lowest BCUT2D eigenvalue weighted by atomic mass is 10.2. The third kappa shape index (κ3) is 3.00. The zero-order valence-electron chi connectivity index (χ0n) is 13.5. The Balaban J connectivity index is 2.17. The van der Waals surface area contributed by atoms with Gasteiger partial charge in [0.2, 0.25) is 0 Å². The molecule has 3 aromatic rings. The van der Waals surface area contributed by atoms with Gasteiger partial charge in [-0.05, 0) is 31.2 Å². The quantitative estimate of drug-likeness (QED) is 0.505. The topological polar surface area (TPSA) is 48.3 Å². The second kappa shape index (κ2) is 6.63. The number of nitrogens with zero attached hydrogens (tertiary/aromatic N) is 1. The summed E-state index contributed by atoms with van der Waals surface area (Å²) < 4.78 is 33.2. The Labute approximate surface area is 142 Å². The molecule has 0 radical (unpaired) electrons. The monoisotopic (exact) mass is 341 g/mol. The Morgan fingerprint density at radius 3 is 2.54 bits per heavy atom. The smallest absolute Gasteiger partial charge is 0.268 e. The van der Waals surface area contributed by atoms with Gasteiger partial charge in [-0.3, -0.25) is 0 Å². The van der Waals surface area contributed by atoms with Crippen molar-refractivity contribution in [1.82, 2.24) is 3.97 Å². The van der Waals surface area contributed by atoms with Crippen molar-refractivity contribution in [3.8, 4) is 0 Å². The summed E-state index contributed by atoms with van der Waals surface area (Å²) in [7, 11) is -3.70. The van der Waals surface area contributed by atoms with Crippen molar-refractivity contribution in [2.24, 2.45) is 0 Å². The fraction of sp³-hybridized carbons (Fsp3) is 0.158. The largest absolute Gasteiger partial charge is 0.371 e. The van der Waals surface area contributed by atoms with Crippen molar-refractivity contribution < 1.29 is 13.2 Å². The molecule has 0 aliphatic rings. The van der Waals surface area contributed by atoms with Gasteiger partial charge in [-0.15, -0.1) is 6.58 Å². The number of ether oxygens (including phenoxy) is 1. The fourth-order valence-corrected chi connectivity index (χ4v) is 4.16. The first-order valence-electron chi connectivity index (χ1n) is 7.64. The molecule has 0 aliphatic carbocycles. The number of hydrogen-bond acceptors (Lipinski definition) is 3. The number of rotatable bonds is 6. The summed E-state index contributed by atoms with van der Waals surface area (Å²) in [6.45, 7) is 6.11. The number of fused-ring (bicyclic) bond motifs is 1. The Bertz CT molecular complexity index is 970. The van der Waals surface area contributed by atoms with E-state index in [1.165, 1.54) is 3.97 Å². The Morgan fingerprint density at radius 2 is 1.83 bits per heavy atom. The summed E-state index contributed by atoms with van der Waals surface area (Å²) in [5.41, 5.74) is 2.26. The first-order chi connectivity index (χ1) is 11.5. The van der Waals surface area contributed by atoms with Crippen molar-refractivity contribution in [3.63, 3.8) is 0 Å². The van der Waals surface area contributed by atoms with Gasteiger partial charge in [-0.1, -0.05) is 42.0 Å². The summed E-state index contributed by atoms with van der Waals surface area (Å²) in [6, 6.07) is 16.1. The van der Waals surface area contributed by atoms with Crippen LogP contribution in [0.15, 0.2) is 72.1 Å². The maximum Gasteiger partial charge on any atom is 0.268 e. The van der Waals surface area contributed by atoms with E-state index in [-0.39, 0.29) is 11.5 Å². The van der Waals surface area contributed by atoms with Crippen molar-refractivity contribution >= 4 is 20.9 Å². The average Bonchev–Trinajstić information content (AvgIpc) is 2.94. The van der Waals surface area contributed by atoms with Crippen LogP contribution in [-0.2, 0) is 21.4 Å². The molecule has 5 heteroatoms. The Kier molecular flexibility index (Phi) is 4.55. The highest BCUT2D eigenvalue weighted by molar-refractivity contribution is 7.90. The molecule has 0 amide bonds. The lowest BCUT2D eigenvalue weighted by Gasteiger charge is -2.12. The SMILES string of the molecule is C=CCOCc1cc2ccccc2n1S(=O)(=O)c1ccc(C)cc1. The highest BCUT2D eigenvalue weighted by Gasteiger charge is 2.22. The van der Waals surface area contributed by atoms with Gasteiger partial charge in [-0.2, -0.15) is 0 Å². The van der Waals surface area contributed by atoms with Crippen molar-refractivity contribution in [1.29, 1.82) is 0 Å². The van der Waals surface area contributed by atoms with E-state index in [2.05, 4.69) is 6.58 Å². The van der Waals surface area contributed by atoms with E-state index in [9.17, 15) is 8.42 Å². The lowest BCUT2D eigenvalue weighted by Crippen LogP contribution is -2.16. The molecule has 0 atom stereocenters. The van der Waals surface area contributed by atoms with Gasteiger partial charge in [-0.25, -0.2) is 12.4 Å². The van der Waals surface area contributed by atoms with Crippen LogP contribution in [0.25, 0.3) is 10.9 Å². The maximum absolute atomic E-state index is 13.2. The summed E-state index contributed by atoms with van der Waals surface area (Å²) in [5, 5.41) is 0.866. The predicted octanol–water partition coefficient (Wildman–Crippen LogP) is 3.89. The predicted molar refractivity (Wildman–Crippen MR) is 95.6 cm³/mol. The Hall–Kier alpha value is -2.37. The van der Waals surface area contributed by atoms with Crippen LogP contribution in [0.4, 0.5) is 0 Å². The molecule has 0 fully saturated rings. The number of para-hydroxylation sites is 1. The molecule has 24 heavy (non-hydrogen) atoms. The number of benzene rings is 2.